The van der Waals surface area contributed by atoms with Crippen LogP contribution < -0.4 is 5.32 Å². The number of nitrogens with zero attached hydrogens (tertiary/aromatic N) is 1. The first kappa shape index (κ1) is 12.0. The molecule has 0 bridgehead atoms. The number of rotatable bonds is 6. The van der Waals surface area contributed by atoms with Gasteiger partial charge < -0.3 is 15.3 Å². The summed E-state index contributed by atoms with van der Waals surface area (Å²) < 4.78 is 0. The number of aliphatic hydroxyl groups excluding tert-OH is 1. The number of unbranched alkanes of at least 4 members (excludes halogenated alkanes) is 1. The first-order valence-corrected chi connectivity index (χ1v) is 5.54. The summed E-state index contributed by atoms with van der Waals surface area (Å²) in [5, 5.41) is 12.6. The topological polar surface area (TPSA) is 52.6 Å². The molecule has 15 heavy (non-hydrogen) atoms. The van der Waals surface area contributed by atoms with Crippen LogP contribution in [0.3, 0.4) is 0 Å². The number of ketones is 1. The Morgan fingerprint density at radius 2 is 2.13 bits per heavy atom. The van der Waals surface area contributed by atoms with Crippen LogP contribution in [0, 0.1) is 0 Å². The second-order valence-electron chi connectivity index (χ2n) is 3.82. The molecule has 0 spiro atoms. The van der Waals surface area contributed by atoms with Gasteiger partial charge in [-0.05, 0) is 13.3 Å². The van der Waals surface area contributed by atoms with Crippen LogP contribution in [0.25, 0.3) is 0 Å². The van der Waals surface area contributed by atoms with Crippen LogP contribution in [-0.4, -0.2) is 42.0 Å². The highest BCUT2D eigenvalue weighted by Gasteiger charge is 2.39. The molecule has 0 aliphatic heterocycles. The van der Waals surface area contributed by atoms with Gasteiger partial charge in [0.1, 0.15) is 5.70 Å². The van der Waals surface area contributed by atoms with Crippen molar-refractivity contribution in [2.45, 2.75) is 32.8 Å². The second-order valence-corrected chi connectivity index (χ2v) is 3.82. The molecule has 4 heteroatoms. The summed E-state index contributed by atoms with van der Waals surface area (Å²) in [5.74, 6) is -0.179. The maximum Gasteiger partial charge on any atom is 0.215 e. The van der Waals surface area contributed by atoms with Gasteiger partial charge in [0.25, 0.3) is 0 Å². The fourth-order valence-corrected chi connectivity index (χ4v) is 1.58. The Balaban J connectivity index is 2.64. The van der Waals surface area contributed by atoms with Crippen molar-refractivity contribution in [1.82, 2.24) is 10.2 Å². The van der Waals surface area contributed by atoms with E-state index in [1.165, 1.54) is 0 Å². The fraction of sp³-hybridized carbons (Fsp3) is 0.727. The number of hydrogen-bond acceptors (Lipinski definition) is 4. The standard InChI is InChI=1S/C11H20N2O2/c1-4-6-7-12-8-9(13(3)5-2)11(15)10(8)14/h11-12,15H,4-7H2,1-3H3. The van der Waals surface area contributed by atoms with Gasteiger partial charge in [-0.25, -0.2) is 0 Å². The Morgan fingerprint density at radius 1 is 1.47 bits per heavy atom. The monoisotopic (exact) mass is 212 g/mol. The zero-order valence-corrected chi connectivity index (χ0v) is 9.71. The summed E-state index contributed by atoms with van der Waals surface area (Å²) in [6.07, 6.45) is 1.21. The van der Waals surface area contributed by atoms with Crippen molar-refractivity contribution in [2.24, 2.45) is 0 Å². The third kappa shape index (κ3) is 2.31. The number of carbonyl (C=O) groups is 1. The van der Waals surface area contributed by atoms with Gasteiger partial charge in [-0.2, -0.15) is 0 Å². The minimum absolute atomic E-state index is 0.179. The highest BCUT2D eigenvalue weighted by Crippen LogP contribution is 2.24. The molecule has 1 aliphatic rings. The molecule has 0 aromatic carbocycles. The number of carbonyl (C=O) groups excluding carboxylic acids is 1. The molecule has 0 aromatic rings. The third-order valence-electron chi connectivity index (χ3n) is 2.73. The minimum atomic E-state index is -0.918. The maximum absolute atomic E-state index is 11.4. The lowest BCUT2D eigenvalue weighted by molar-refractivity contribution is -0.126. The quantitative estimate of drug-likeness (QED) is 0.629. The van der Waals surface area contributed by atoms with Gasteiger partial charge in [0.05, 0.1) is 5.70 Å². The number of nitrogens with one attached hydrogen (secondary N) is 1. The Morgan fingerprint density at radius 3 is 2.67 bits per heavy atom. The molecule has 0 heterocycles. The van der Waals surface area contributed by atoms with E-state index >= 15 is 0 Å². The predicted molar refractivity (Wildman–Crippen MR) is 59.3 cm³/mol. The van der Waals surface area contributed by atoms with E-state index in [-0.39, 0.29) is 5.78 Å². The van der Waals surface area contributed by atoms with E-state index in [1.807, 2.05) is 18.9 Å². The van der Waals surface area contributed by atoms with Crippen molar-refractivity contribution in [1.29, 1.82) is 0 Å². The molecule has 2 N–H and O–H groups in total. The molecule has 4 nitrogen and oxygen atoms in total. The van der Waals surface area contributed by atoms with Gasteiger partial charge in [-0.3, -0.25) is 4.79 Å². The molecule has 0 amide bonds. The Hall–Kier alpha value is -1.03. The fourth-order valence-electron chi connectivity index (χ4n) is 1.58. The summed E-state index contributed by atoms with van der Waals surface area (Å²) in [6.45, 7) is 5.68. The number of aliphatic hydroxyl groups is 1. The lowest BCUT2D eigenvalue weighted by atomic mass is 9.94. The summed E-state index contributed by atoms with van der Waals surface area (Å²) >= 11 is 0. The lowest BCUT2D eigenvalue weighted by Crippen LogP contribution is -2.48. The smallest absolute Gasteiger partial charge is 0.215 e. The maximum atomic E-state index is 11.4. The lowest BCUT2D eigenvalue weighted by Gasteiger charge is -2.34. The van der Waals surface area contributed by atoms with E-state index in [1.54, 1.807) is 0 Å². The van der Waals surface area contributed by atoms with Gasteiger partial charge in [0.15, 0.2) is 6.10 Å². The zero-order chi connectivity index (χ0) is 11.4. The molecular formula is C11H20N2O2. The van der Waals surface area contributed by atoms with E-state index in [0.717, 1.165) is 31.6 Å². The Bertz CT molecular complexity index is 274. The van der Waals surface area contributed by atoms with Gasteiger partial charge >= 0.3 is 0 Å². The average Bonchev–Trinajstić information content (AvgIpc) is 2.26. The van der Waals surface area contributed by atoms with Gasteiger partial charge in [-0.1, -0.05) is 13.3 Å². The van der Waals surface area contributed by atoms with E-state index in [9.17, 15) is 9.90 Å². The molecule has 0 fully saturated rings. The summed E-state index contributed by atoms with van der Waals surface area (Å²) in [7, 11) is 1.88. The van der Waals surface area contributed by atoms with Gasteiger partial charge in [0.2, 0.25) is 5.78 Å². The number of hydrogen-bond donors (Lipinski definition) is 2. The van der Waals surface area contributed by atoms with Crippen molar-refractivity contribution in [2.75, 3.05) is 20.1 Å². The highest BCUT2D eigenvalue weighted by atomic mass is 16.3. The molecule has 1 unspecified atom stereocenters. The predicted octanol–water partition coefficient (Wildman–Crippen LogP) is 0.483. The minimum Gasteiger partial charge on any atom is -0.381 e. The molecule has 0 saturated carbocycles. The molecule has 1 aliphatic carbocycles. The average molecular weight is 212 g/mol. The SMILES string of the molecule is CCCCNC1=C(N(C)CC)C(O)C1=O. The third-order valence-corrected chi connectivity index (χ3v) is 2.73. The van der Waals surface area contributed by atoms with Crippen molar-refractivity contribution >= 4 is 5.78 Å². The van der Waals surface area contributed by atoms with E-state index < -0.39 is 6.10 Å². The summed E-state index contributed by atoms with van der Waals surface area (Å²) in [5.41, 5.74) is 1.33. The van der Waals surface area contributed by atoms with Gasteiger partial charge in [0, 0.05) is 20.1 Å². The zero-order valence-electron chi connectivity index (χ0n) is 9.71. The van der Waals surface area contributed by atoms with E-state index in [0.29, 0.717) is 5.70 Å². The van der Waals surface area contributed by atoms with Crippen LogP contribution in [0.5, 0.6) is 0 Å². The molecule has 1 rings (SSSR count). The Kier molecular flexibility index (Phi) is 4.15. The number of likely N-dealkylation sites (N-methyl/N-ethyl adjacent to an activating group) is 1. The van der Waals surface area contributed by atoms with Gasteiger partial charge in [-0.15, -0.1) is 0 Å². The molecule has 86 valence electrons. The Labute approximate surface area is 91.0 Å². The van der Waals surface area contributed by atoms with Crippen molar-refractivity contribution in [3.05, 3.63) is 11.4 Å². The van der Waals surface area contributed by atoms with Crippen LogP contribution in [0.1, 0.15) is 26.7 Å². The number of Topliss-reactive ketones (excluding diaryl/α,β-unsaturated/α-hetero) is 1. The highest BCUT2D eigenvalue weighted by molar-refractivity contribution is 6.07. The summed E-state index contributed by atoms with van der Waals surface area (Å²) in [4.78, 5) is 13.3. The second kappa shape index (κ2) is 5.16. The van der Waals surface area contributed by atoms with E-state index in [4.69, 9.17) is 0 Å². The van der Waals surface area contributed by atoms with Crippen LogP contribution >= 0.6 is 0 Å². The largest absolute Gasteiger partial charge is 0.381 e. The summed E-state index contributed by atoms with van der Waals surface area (Å²) in [6, 6.07) is 0. The molecule has 0 radical (unpaired) electrons. The molecule has 1 atom stereocenters. The normalized spacial score (nSPS) is 20.3. The first-order chi connectivity index (χ1) is 7.13. The molecule has 0 aromatic heterocycles. The van der Waals surface area contributed by atoms with Crippen LogP contribution in [-0.2, 0) is 4.79 Å². The molecule has 0 saturated heterocycles. The van der Waals surface area contributed by atoms with Crippen molar-refractivity contribution < 1.29 is 9.90 Å². The van der Waals surface area contributed by atoms with Crippen LogP contribution in [0.4, 0.5) is 0 Å². The first-order valence-electron chi connectivity index (χ1n) is 5.54. The van der Waals surface area contributed by atoms with E-state index in [2.05, 4.69) is 12.2 Å². The van der Waals surface area contributed by atoms with Crippen LogP contribution in [0.2, 0.25) is 0 Å². The van der Waals surface area contributed by atoms with Crippen molar-refractivity contribution in [3.63, 3.8) is 0 Å². The molecular weight excluding hydrogens is 192 g/mol. The van der Waals surface area contributed by atoms with Crippen LogP contribution in [0.15, 0.2) is 11.4 Å². The van der Waals surface area contributed by atoms with Crippen molar-refractivity contribution in [3.8, 4) is 0 Å².